The number of benzene rings is 2. The SMILES string of the molecule is CC(C)C[C@H](N)C(=O)N[C@@H](C)C(=O)c1c(C(=O)Nc2ccccc2)ccc(C(F)(F)F)c1C(=O)C(F)(F)F. The Morgan fingerprint density at radius 2 is 1.45 bits per heavy atom. The van der Waals surface area contributed by atoms with E-state index >= 15 is 0 Å². The van der Waals surface area contributed by atoms with Gasteiger partial charge in [-0.05, 0) is 43.5 Å². The van der Waals surface area contributed by atoms with Gasteiger partial charge in [-0.1, -0.05) is 32.0 Å². The highest BCUT2D eigenvalue weighted by molar-refractivity contribution is 6.20. The molecule has 0 bridgehead atoms. The molecule has 2 amide bonds. The number of nitrogens with one attached hydrogen (secondary N) is 2. The number of rotatable bonds is 9. The number of Topliss-reactive ketones (excluding diaryl/α,β-unsaturated/α-hetero) is 2. The number of carbonyl (C=O) groups excluding carboxylic acids is 4. The van der Waals surface area contributed by atoms with Crippen molar-refractivity contribution in [2.75, 3.05) is 5.32 Å². The summed E-state index contributed by atoms with van der Waals surface area (Å²) in [5.74, 6) is -6.69. The number of nitrogens with two attached hydrogens (primary N) is 1. The molecule has 7 nitrogen and oxygen atoms in total. The van der Waals surface area contributed by atoms with Gasteiger partial charge >= 0.3 is 12.4 Å². The smallest absolute Gasteiger partial charge is 0.345 e. The van der Waals surface area contributed by atoms with E-state index in [0.29, 0.717) is 6.07 Å². The first kappa shape index (κ1) is 30.5. The minimum absolute atomic E-state index is 0.0467. The maximum absolute atomic E-state index is 13.7. The largest absolute Gasteiger partial charge is 0.454 e. The van der Waals surface area contributed by atoms with Gasteiger partial charge in [0.25, 0.3) is 11.7 Å². The first-order valence-electron chi connectivity index (χ1n) is 11.3. The monoisotopic (exact) mass is 545 g/mol. The maximum atomic E-state index is 13.7. The summed E-state index contributed by atoms with van der Waals surface area (Å²) in [7, 11) is 0. The Hall–Kier alpha value is -3.74. The molecule has 4 N–H and O–H groups in total. The summed E-state index contributed by atoms with van der Waals surface area (Å²) in [5, 5.41) is 4.41. The average molecular weight is 545 g/mol. The number of alkyl halides is 6. The molecular formula is C25H25F6N3O4. The fraction of sp³-hybridized carbons (Fsp3) is 0.360. The van der Waals surface area contributed by atoms with Crippen LogP contribution in [0.15, 0.2) is 42.5 Å². The molecule has 0 aliphatic heterocycles. The molecular weight excluding hydrogens is 520 g/mol. The van der Waals surface area contributed by atoms with Crippen molar-refractivity contribution in [3.05, 3.63) is 64.7 Å². The van der Waals surface area contributed by atoms with Gasteiger partial charge in [0.15, 0.2) is 5.78 Å². The summed E-state index contributed by atoms with van der Waals surface area (Å²) in [6.45, 7) is 4.48. The fourth-order valence-electron chi connectivity index (χ4n) is 3.60. The van der Waals surface area contributed by atoms with E-state index in [1.807, 2.05) is 0 Å². The Balaban J connectivity index is 2.72. The number of anilines is 1. The number of hydrogen-bond acceptors (Lipinski definition) is 5. The summed E-state index contributed by atoms with van der Waals surface area (Å²) < 4.78 is 81.6. The molecule has 13 heteroatoms. The van der Waals surface area contributed by atoms with E-state index in [2.05, 4.69) is 10.6 Å². The third-order valence-corrected chi connectivity index (χ3v) is 5.33. The van der Waals surface area contributed by atoms with Gasteiger partial charge < -0.3 is 16.4 Å². The molecule has 2 rings (SSSR count). The van der Waals surface area contributed by atoms with Crippen molar-refractivity contribution in [3.63, 3.8) is 0 Å². The van der Waals surface area contributed by atoms with Crippen molar-refractivity contribution >= 4 is 29.1 Å². The molecule has 2 aromatic carbocycles. The van der Waals surface area contributed by atoms with Crippen LogP contribution in [0.2, 0.25) is 0 Å². The van der Waals surface area contributed by atoms with Crippen LogP contribution < -0.4 is 16.4 Å². The molecule has 0 heterocycles. The predicted molar refractivity (Wildman–Crippen MR) is 126 cm³/mol. The highest BCUT2D eigenvalue weighted by atomic mass is 19.4. The second-order valence-corrected chi connectivity index (χ2v) is 8.89. The third-order valence-electron chi connectivity index (χ3n) is 5.33. The molecule has 0 saturated heterocycles. The zero-order valence-electron chi connectivity index (χ0n) is 20.5. The lowest BCUT2D eigenvalue weighted by Crippen LogP contribution is -2.48. The fourth-order valence-corrected chi connectivity index (χ4v) is 3.60. The summed E-state index contributed by atoms with van der Waals surface area (Å²) in [4.78, 5) is 50.9. The molecule has 0 fully saturated rings. The molecule has 0 radical (unpaired) electrons. The molecule has 0 aliphatic rings. The van der Waals surface area contributed by atoms with E-state index in [1.165, 1.54) is 24.3 Å². The first-order chi connectivity index (χ1) is 17.4. The number of carbonyl (C=O) groups is 4. The van der Waals surface area contributed by atoms with Crippen molar-refractivity contribution in [2.45, 2.75) is 51.6 Å². The number of halogens is 6. The molecule has 2 aromatic rings. The zero-order chi connectivity index (χ0) is 29.0. The normalized spacial score (nSPS) is 13.6. The molecule has 206 valence electrons. The minimum atomic E-state index is -5.82. The summed E-state index contributed by atoms with van der Waals surface area (Å²) in [6, 6.07) is 5.07. The second kappa shape index (κ2) is 11.8. The number of hydrogen-bond donors (Lipinski definition) is 3. The minimum Gasteiger partial charge on any atom is -0.345 e. The second-order valence-electron chi connectivity index (χ2n) is 8.89. The predicted octanol–water partition coefficient (Wildman–Crippen LogP) is 4.76. The Morgan fingerprint density at radius 3 is 1.95 bits per heavy atom. The lowest BCUT2D eigenvalue weighted by Gasteiger charge is -2.23. The molecule has 0 spiro atoms. The molecule has 0 unspecified atom stereocenters. The van der Waals surface area contributed by atoms with E-state index in [9.17, 15) is 45.5 Å². The Morgan fingerprint density at radius 1 is 0.868 bits per heavy atom. The zero-order valence-corrected chi connectivity index (χ0v) is 20.5. The number of para-hydroxylation sites is 1. The summed E-state index contributed by atoms with van der Waals surface area (Å²) >= 11 is 0. The highest BCUT2D eigenvalue weighted by Gasteiger charge is 2.48. The van der Waals surface area contributed by atoms with Crippen LogP contribution in [-0.2, 0) is 11.0 Å². The van der Waals surface area contributed by atoms with Gasteiger partial charge in [0, 0.05) is 11.3 Å². The van der Waals surface area contributed by atoms with Gasteiger partial charge in [0.2, 0.25) is 5.91 Å². The number of amides is 2. The standard InChI is InChI=1S/C25H25F6N3O4/c1-12(2)11-17(32)23(38)33-13(3)20(35)18-15(22(37)34-14-7-5-4-6-8-14)9-10-16(24(26,27)28)19(18)21(36)25(29,30)31/h4-10,12-13,17H,11,32H2,1-3H3,(H,33,38)(H,34,37)/t13-,17-/m0/s1. The summed E-state index contributed by atoms with van der Waals surface area (Å²) in [6.07, 6.45) is -11.2. The van der Waals surface area contributed by atoms with Crippen LogP contribution >= 0.6 is 0 Å². The van der Waals surface area contributed by atoms with Gasteiger partial charge in [-0.2, -0.15) is 26.3 Å². The van der Waals surface area contributed by atoms with E-state index < -0.39 is 70.1 Å². The Labute approximate surface area is 213 Å². The van der Waals surface area contributed by atoms with Crippen molar-refractivity contribution < 1.29 is 45.5 Å². The van der Waals surface area contributed by atoms with Crippen molar-refractivity contribution in [2.24, 2.45) is 11.7 Å². The van der Waals surface area contributed by atoms with Crippen molar-refractivity contribution in [3.8, 4) is 0 Å². The molecule has 2 atom stereocenters. The Kier molecular flexibility index (Phi) is 9.43. The molecule has 0 saturated carbocycles. The maximum Gasteiger partial charge on any atom is 0.454 e. The van der Waals surface area contributed by atoms with Crippen molar-refractivity contribution in [1.29, 1.82) is 0 Å². The lowest BCUT2D eigenvalue weighted by molar-refractivity contribution is -0.138. The summed E-state index contributed by atoms with van der Waals surface area (Å²) in [5.41, 5.74) is -0.595. The molecule has 0 aliphatic carbocycles. The van der Waals surface area contributed by atoms with Crippen LogP contribution in [0.25, 0.3) is 0 Å². The quantitative estimate of drug-likeness (QED) is 0.310. The van der Waals surface area contributed by atoms with Crippen LogP contribution in [0.4, 0.5) is 32.0 Å². The van der Waals surface area contributed by atoms with E-state index in [0.717, 1.165) is 6.92 Å². The Bertz CT molecular complexity index is 1210. The third kappa shape index (κ3) is 7.40. The van der Waals surface area contributed by atoms with E-state index in [1.54, 1.807) is 19.9 Å². The molecule has 38 heavy (non-hydrogen) atoms. The van der Waals surface area contributed by atoms with Crippen LogP contribution in [0.1, 0.15) is 63.8 Å². The van der Waals surface area contributed by atoms with Gasteiger partial charge in [-0.25, -0.2) is 0 Å². The first-order valence-corrected chi connectivity index (χ1v) is 11.3. The highest BCUT2D eigenvalue weighted by Crippen LogP contribution is 2.38. The van der Waals surface area contributed by atoms with Gasteiger partial charge in [-0.15, -0.1) is 0 Å². The van der Waals surface area contributed by atoms with Gasteiger partial charge in [0.05, 0.1) is 28.8 Å². The van der Waals surface area contributed by atoms with Crippen LogP contribution in [0.3, 0.4) is 0 Å². The van der Waals surface area contributed by atoms with Crippen LogP contribution in [0, 0.1) is 5.92 Å². The van der Waals surface area contributed by atoms with Crippen LogP contribution in [0.5, 0.6) is 0 Å². The average Bonchev–Trinajstić information content (AvgIpc) is 2.81. The topological polar surface area (TPSA) is 118 Å². The number of ketones is 2. The van der Waals surface area contributed by atoms with Crippen molar-refractivity contribution in [1.82, 2.24) is 5.32 Å². The lowest BCUT2D eigenvalue weighted by atomic mass is 9.87. The van der Waals surface area contributed by atoms with E-state index in [4.69, 9.17) is 5.73 Å². The van der Waals surface area contributed by atoms with Gasteiger partial charge in [-0.3, -0.25) is 19.2 Å². The van der Waals surface area contributed by atoms with E-state index in [-0.39, 0.29) is 24.1 Å². The van der Waals surface area contributed by atoms with Crippen LogP contribution in [-0.4, -0.2) is 41.6 Å². The molecule has 0 aromatic heterocycles. The van der Waals surface area contributed by atoms with Gasteiger partial charge in [0.1, 0.15) is 0 Å².